The van der Waals surface area contributed by atoms with Crippen molar-refractivity contribution >= 4 is 5.69 Å². The number of benzene rings is 1. The summed E-state index contributed by atoms with van der Waals surface area (Å²) in [6.45, 7) is 1.11. The van der Waals surface area contributed by atoms with Crippen LogP contribution in [0.1, 0.15) is 5.56 Å². The molecule has 0 unspecified atom stereocenters. The zero-order valence-corrected chi connectivity index (χ0v) is 6.53. The lowest BCUT2D eigenvalue weighted by molar-refractivity contribution is 0.312. The molecular formula is C8H10N2O2. The Morgan fingerprint density at radius 2 is 2.08 bits per heavy atom. The summed E-state index contributed by atoms with van der Waals surface area (Å²) in [6.07, 6.45) is 1.19. The highest BCUT2D eigenvalue weighted by Crippen LogP contribution is 2.19. The van der Waals surface area contributed by atoms with E-state index in [0.717, 1.165) is 6.54 Å². The number of anilines is 1. The summed E-state index contributed by atoms with van der Waals surface area (Å²) in [5.41, 5.74) is 2.77. The fourth-order valence-electron chi connectivity index (χ4n) is 1.24. The molecule has 1 aliphatic heterocycles. The van der Waals surface area contributed by atoms with Crippen LogP contribution in [-0.4, -0.2) is 11.8 Å². The normalized spacial score (nSPS) is 12.0. The van der Waals surface area contributed by atoms with Crippen molar-refractivity contribution < 1.29 is 5.21 Å². The first kappa shape index (κ1) is 8.52. The molecule has 0 saturated heterocycles. The van der Waals surface area contributed by atoms with Crippen LogP contribution in [0.2, 0.25) is 0 Å². The average molecular weight is 166 g/mol. The van der Waals surface area contributed by atoms with Crippen molar-refractivity contribution in [1.29, 1.82) is 0 Å². The first-order valence-corrected chi connectivity index (χ1v) is 3.67. The monoisotopic (exact) mass is 166 g/mol. The summed E-state index contributed by atoms with van der Waals surface area (Å²) < 4.78 is 0. The summed E-state index contributed by atoms with van der Waals surface area (Å²) >= 11 is 0. The SMILES string of the molecule is O=NO.c1ccc2c(c1)CCN2. The van der Waals surface area contributed by atoms with Crippen molar-refractivity contribution in [1.82, 2.24) is 0 Å². The third kappa shape index (κ3) is 1.95. The van der Waals surface area contributed by atoms with Gasteiger partial charge in [0.05, 0.1) is 0 Å². The first-order valence-electron chi connectivity index (χ1n) is 3.67. The first-order chi connectivity index (χ1) is 5.88. The number of para-hydroxylation sites is 1. The molecule has 0 spiro atoms. The topological polar surface area (TPSA) is 61.7 Å². The summed E-state index contributed by atoms with van der Waals surface area (Å²) in [6, 6.07) is 8.46. The van der Waals surface area contributed by atoms with Crippen LogP contribution in [0.3, 0.4) is 0 Å². The minimum absolute atomic E-state index is 1.11. The lowest BCUT2D eigenvalue weighted by atomic mass is 10.2. The minimum Gasteiger partial charge on any atom is -0.384 e. The van der Waals surface area contributed by atoms with Gasteiger partial charge >= 0.3 is 0 Å². The Bertz CT molecular complexity index is 240. The van der Waals surface area contributed by atoms with Gasteiger partial charge in [-0.3, -0.25) is 0 Å². The third-order valence-corrected chi connectivity index (χ3v) is 1.73. The molecule has 2 rings (SSSR count). The van der Waals surface area contributed by atoms with E-state index in [-0.39, 0.29) is 0 Å². The van der Waals surface area contributed by atoms with Crippen LogP contribution in [0.15, 0.2) is 29.6 Å². The van der Waals surface area contributed by atoms with E-state index < -0.39 is 0 Å². The van der Waals surface area contributed by atoms with Gasteiger partial charge in [0.2, 0.25) is 0 Å². The molecule has 1 aliphatic rings. The second-order valence-electron chi connectivity index (χ2n) is 2.42. The molecule has 0 radical (unpaired) electrons. The van der Waals surface area contributed by atoms with E-state index >= 15 is 0 Å². The van der Waals surface area contributed by atoms with Gasteiger partial charge in [-0.1, -0.05) is 18.2 Å². The number of nitrogens with one attached hydrogen (secondary N) is 1. The minimum atomic E-state index is 1.11. The Morgan fingerprint density at radius 3 is 2.75 bits per heavy atom. The van der Waals surface area contributed by atoms with E-state index in [1.54, 1.807) is 0 Å². The second-order valence-corrected chi connectivity index (χ2v) is 2.42. The molecule has 1 aromatic carbocycles. The van der Waals surface area contributed by atoms with Gasteiger partial charge in [-0.05, 0) is 18.1 Å². The Kier molecular flexibility index (Phi) is 3.07. The van der Waals surface area contributed by atoms with E-state index in [9.17, 15) is 0 Å². The molecule has 0 amide bonds. The van der Waals surface area contributed by atoms with Gasteiger partial charge in [0.25, 0.3) is 0 Å². The lowest BCUT2D eigenvalue weighted by Gasteiger charge is -1.94. The van der Waals surface area contributed by atoms with Crippen LogP contribution in [0.5, 0.6) is 0 Å². The van der Waals surface area contributed by atoms with Crippen LogP contribution in [0.25, 0.3) is 0 Å². The van der Waals surface area contributed by atoms with Crippen LogP contribution in [0.4, 0.5) is 5.69 Å². The number of rotatable bonds is 0. The summed E-state index contributed by atoms with van der Waals surface area (Å²) in [5.74, 6) is 0. The molecule has 4 nitrogen and oxygen atoms in total. The predicted octanol–water partition coefficient (Wildman–Crippen LogP) is 1.80. The van der Waals surface area contributed by atoms with Gasteiger partial charge < -0.3 is 10.5 Å². The largest absolute Gasteiger partial charge is 0.384 e. The van der Waals surface area contributed by atoms with Crippen molar-refractivity contribution in [3.8, 4) is 0 Å². The molecule has 4 heteroatoms. The number of hydrogen-bond acceptors (Lipinski definition) is 3. The van der Waals surface area contributed by atoms with Crippen molar-refractivity contribution in [3.63, 3.8) is 0 Å². The molecular weight excluding hydrogens is 156 g/mol. The molecule has 1 heterocycles. The van der Waals surface area contributed by atoms with E-state index in [4.69, 9.17) is 10.1 Å². The van der Waals surface area contributed by atoms with Gasteiger partial charge in [0.15, 0.2) is 5.34 Å². The molecule has 0 atom stereocenters. The summed E-state index contributed by atoms with van der Waals surface area (Å²) in [7, 11) is 0. The molecule has 64 valence electrons. The van der Waals surface area contributed by atoms with Gasteiger partial charge in [0, 0.05) is 12.2 Å². The maximum atomic E-state index is 8.11. The fraction of sp³-hybridized carbons (Fsp3) is 0.250. The molecule has 0 fully saturated rings. The van der Waals surface area contributed by atoms with E-state index in [1.807, 2.05) is 0 Å². The van der Waals surface area contributed by atoms with E-state index in [0.29, 0.717) is 0 Å². The quantitative estimate of drug-likeness (QED) is 0.456. The zero-order valence-electron chi connectivity index (χ0n) is 6.53. The van der Waals surface area contributed by atoms with Gasteiger partial charge in [-0.15, -0.1) is 4.91 Å². The molecule has 0 aliphatic carbocycles. The average Bonchev–Trinajstić information content (AvgIpc) is 2.52. The fourth-order valence-corrected chi connectivity index (χ4v) is 1.24. The molecule has 0 bridgehead atoms. The molecule has 12 heavy (non-hydrogen) atoms. The highest BCUT2D eigenvalue weighted by Gasteiger charge is 2.05. The zero-order chi connectivity index (χ0) is 8.81. The molecule has 0 aromatic heterocycles. The molecule has 0 saturated carbocycles. The van der Waals surface area contributed by atoms with Crippen LogP contribution in [0, 0.1) is 4.91 Å². The highest BCUT2D eigenvalue weighted by atomic mass is 16.6. The summed E-state index contributed by atoms with van der Waals surface area (Å²) in [5, 5.41) is 11.2. The van der Waals surface area contributed by atoms with Crippen LogP contribution < -0.4 is 5.32 Å². The Hall–Kier alpha value is -1.58. The Morgan fingerprint density at radius 1 is 1.42 bits per heavy atom. The van der Waals surface area contributed by atoms with Crippen molar-refractivity contribution in [2.75, 3.05) is 11.9 Å². The van der Waals surface area contributed by atoms with Crippen molar-refractivity contribution in [2.45, 2.75) is 6.42 Å². The second kappa shape index (κ2) is 4.33. The highest BCUT2D eigenvalue weighted by molar-refractivity contribution is 5.54. The van der Waals surface area contributed by atoms with E-state index in [2.05, 4.69) is 29.6 Å². The van der Waals surface area contributed by atoms with Gasteiger partial charge in [-0.2, -0.15) is 0 Å². The van der Waals surface area contributed by atoms with Gasteiger partial charge in [-0.25, -0.2) is 0 Å². The van der Waals surface area contributed by atoms with Crippen molar-refractivity contribution in [3.05, 3.63) is 34.7 Å². The number of fused-ring (bicyclic) bond motifs is 1. The third-order valence-electron chi connectivity index (χ3n) is 1.73. The summed E-state index contributed by atoms with van der Waals surface area (Å²) in [4.78, 5) is 8.11. The predicted molar refractivity (Wildman–Crippen MR) is 46.2 cm³/mol. The van der Waals surface area contributed by atoms with Crippen LogP contribution >= 0.6 is 0 Å². The standard InChI is InChI=1S/C8H9N.HNO2/c1-2-4-8-7(3-1)5-6-9-8;2-1-3/h1-4,9H,5-6H2;(H,2,3). The maximum absolute atomic E-state index is 8.11. The Balaban J connectivity index is 0.000000213. The van der Waals surface area contributed by atoms with E-state index in [1.165, 1.54) is 23.0 Å². The maximum Gasteiger partial charge on any atom is 0.152 e. The number of hydrogen-bond donors (Lipinski definition) is 2. The Labute approximate surface area is 70.2 Å². The molecule has 1 aromatic rings. The molecule has 2 N–H and O–H groups in total. The smallest absolute Gasteiger partial charge is 0.152 e. The van der Waals surface area contributed by atoms with Crippen LogP contribution in [-0.2, 0) is 6.42 Å². The lowest BCUT2D eigenvalue weighted by Crippen LogP contribution is -1.90. The number of nitrogens with zero attached hydrogens (tertiary/aromatic N) is 1. The van der Waals surface area contributed by atoms with Gasteiger partial charge in [0.1, 0.15) is 0 Å². The van der Waals surface area contributed by atoms with Crippen molar-refractivity contribution in [2.24, 2.45) is 5.34 Å².